The lowest BCUT2D eigenvalue weighted by molar-refractivity contribution is 0.0677. The van der Waals surface area contributed by atoms with Crippen LogP contribution in [0.5, 0.6) is 0 Å². The van der Waals surface area contributed by atoms with Crippen LogP contribution in [-0.2, 0) is 0 Å². The summed E-state index contributed by atoms with van der Waals surface area (Å²) in [6.45, 7) is 3.36. The van der Waals surface area contributed by atoms with Crippen LogP contribution in [0.3, 0.4) is 0 Å². The maximum Gasteiger partial charge on any atom is 0.372 e. The molecule has 0 spiro atoms. The van der Waals surface area contributed by atoms with Crippen LogP contribution >= 0.6 is 0 Å². The molecule has 6 heteroatoms. The van der Waals surface area contributed by atoms with Crippen molar-refractivity contribution in [3.05, 3.63) is 29.6 Å². The van der Waals surface area contributed by atoms with Gasteiger partial charge in [0.25, 0.3) is 0 Å². The fourth-order valence-corrected chi connectivity index (χ4v) is 1.78. The Balaban J connectivity index is 2.92. The number of halogens is 2. The van der Waals surface area contributed by atoms with Gasteiger partial charge >= 0.3 is 5.97 Å². The van der Waals surface area contributed by atoms with E-state index in [2.05, 4.69) is 4.98 Å². The fourth-order valence-electron chi connectivity index (χ4n) is 1.78. The monoisotopic (exact) mass is 240 g/mol. The molecule has 0 aliphatic rings. The number of carboxylic acids is 1. The largest absolute Gasteiger partial charge is 0.475 e. The van der Waals surface area contributed by atoms with Crippen LogP contribution in [0, 0.1) is 11.6 Å². The Morgan fingerprint density at radius 3 is 2.59 bits per heavy atom. The third-order valence-corrected chi connectivity index (χ3v) is 2.45. The molecule has 0 amide bonds. The van der Waals surface area contributed by atoms with Crippen LogP contribution < -0.4 is 0 Å². The summed E-state index contributed by atoms with van der Waals surface area (Å²) >= 11 is 0. The lowest BCUT2D eigenvalue weighted by Crippen LogP contribution is -2.12. The van der Waals surface area contributed by atoms with E-state index in [1.807, 2.05) is 0 Å². The van der Waals surface area contributed by atoms with Gasteiger partial charge in [0.15, 0.2) is 11.6 Å². The van der Waals surface area contributed by atoms with Crippen molar-refractivity contribution in [2.75, 3.05) is 0 Å². The number of benzene rings is 1. The van der Waals surface area contributed by atoms with Crippen molar-refractivity contribution in [2.24, 2.45) is 0 Å². The van der Waals surface area contributed by atoms with Crippen LogP contribution in [0.2, 0.25) is 0 Å². The summed E-state index contributed by atoms with van der Waals surface area (Å²) in [7, 11) is 0. The molecule has 1 N–H and O–H groups in total. The van der Waals surface area contributed by atoms with Crippen molar-refractivity contribution in [1.82, 2.24) is 9.55 Å². The number of nitrogens with zero attached hydrogens (tertiary/aromatic N) is 2. The maximum atomic E-state index is 13.7. The van der Waals surface area contributed by atoms with Crippen molar-refractivity contribution in [3.63, 3.8) is 0 Å². The molecule has 4 nitrogen and oxygen atoms in total. The van der Waals surface area contributed by atoms with Gasteiger partial charge in [0, 0.05) is 6.04 Å². The maximum absolute atomic E-state index is 13.7. The van der Waals surface area contributed by atoms with Gasteiger partial charge in [-0.05, 0) is 26.0 Å². The number of aromatic nitrogens is 2. The minimum atomic E-state index is -1.27. The highest BCUT2D eigenvalue weighted by Crippen LogP contribution is 2.25. The fraction of sp³-hybridized carbons (Fsp3) is 0.273. The first-order valence-corrected chi connectivity index (χ1v) is 5.02. The number of imidazole rings is 1. The highest BCUT2D eigenvalue weighted by Gasteiger charge is 2.22. The molecule has 0 radical (unpaired) electrons. The summed E-state index contributed by atoms with van der Waals surface area (Å²) in [4.78, 5) is 14.8. The topological polar surface area (TPSA) is 55.1 Å². The van der Waals surface area contributed by atoms with Crippen LogP contribution in [0.4, 0.5) is 8.78 Å². The Bertz CT molecular complexity index is 605. The molecule has 0 unspecified atom stereocenters. The molecule has 1 aromatic heterocycles. The molecule has 1 aromatic carbocycles. The van der Waals surface area contributed by atoms with Crippen LogP contribution in [-0.4, -0.2) is 20.6 Å². The third kappa shape index (κ3) is 1.65. The van der Waals surface area contributed by atoms with Crippen LogP contribution in [0.25, 0.3) is 11.0 Å². The predicted octanol–water partition coefficient (Wildman–Crippen LogP) is 2.59. The zero-order valence-corrected chi connectivity index (χ0v) is 9.24. The second-order valence-electron chi connectivity index (χ2n) is 3.93. The second-order valence-corrected chi connectivity index (χ2v) is 3.93. The molecule has 0 saturated carbocycles. The molecule has 0 aliphatic carbocycles. The number of fused-ring (bicyclic) bond motifs is 1. The Hall–Kier alpha value is -1.98. The van der Waals surface area contributed by atoms with Gasteiger partial charge in [-0.3, -0.25) is 0 Å². The molecule has 0 saturated heterocycles. The Morgan fingerprint density at radius 2 is 2.06 bits per heavy atom. The molecular formula is C11H10F2N2O2. The average Bonchev–Trinajstić information content (AvgIpc) is 2.63. The van der Waals surface area contributed by atoms with Crippen LogP contribution in [0.1, 0.15) is 30.5 Å². The van der Waals surface area contributed by atoms with Crippen molar-refractivity contribution in [2.45, 2.75) is 19.9 Å². The van der Waals surface area contributed by atoms with E-state index in [1.54, 1.807) is 13.8 Å². The minimum Gasteiger partial charge on any atom is -0.475 e. The van der Waals surface area contributed by atoms with Gasteiger partial charge < -0.3 is 9.67 Å². The first-order valence-electron chi connectivity index (χ1n) is 5.02. The van der Waals surface area contributed by atoms with Crippen LogP contribution in [0.15, 0.2) is 12.1 Å². The average molecular weight is 240 g/mol. The molecule has 17 heavy (non-hydrogen) atoms. The Kier molecular flexibility index (Phi) is 2.57. The van der Waals surface area contributed by atoms with Crippen molar-refractivity contribution in [1.29, 1.82) is 0 Å². The minimum absolute atomic E-state index is 0.114. The first kappa shape index (κ1) is 11.5. The Labute approximate surface area is 95.5 Å². The number of carbonyl (C=O) groups is 1. The number of hydrogen-bond donors (Lipinski definition) is 1. The predicted molar refractivity (Wildman–Crippen MR) is 57.0 cm³/mol. The number of carboxylic acid groups (broad SMARTS) is 1. The zero-order chi connectivity index (χ0) is 12.7. The summed E-state index contributed by atoms with van der Waals surface area (Å²) in [6.07, 6.45) is 0. The molecule has 2 aromatic rings. The zero-order valence-electron chi connectivity index (χ0n) is 9.24. The molecule has 2 rings (SSSR count). The van der Waals surface area contributed by atoms with Crippen molar-refractivity contribution >= 4 is 17.0 Å². The van der Waals surface area contributed by atoms with Gasteiger partial charge in [-0.25, -0.2) is 18.6 Å². The van der Waals surface area contributed by atoms with Gasteiger partial charge in [-0.1, -0.05) is 0 Å². The van der Waals surface area contributed by atoms with Gasteiger partial charge in [-0.15, -0.1) is 0 Å². The molecule has 1 heterocycles. The highest BCUT2D eigenvalue weighted by molar-refractivity contribution is 5.90. The summed E-state index contributed by atoms with van der Waals surface area (Å²) in [5.74, 6) is -3.65. The normalized spacial score (nSPS) is 11.4. The SMILES string of the molecule is CC(C)n1c(C(=O)O)nc2ccc(F)c(F)c21. The first-order chi connectivity index (χ1) is 7.93. The summed E-state index contributed by atoms with van der Waals surface area (Å²) in [6, 6.07) is 1.86. The van der Waals surface area contributed by atoms with Gasteiger partial charge in [0.1, 0.15) is 5.52 Å². The van der Waals surface area contributed by atoms with E-state index in [0.29, 0.717) is 0 Å². The number of rotatable bonds is 2. The Morgan fingerprint density at radius 1 is 1.41 bits per heavy atom. The second kappa shape index (κ2) is 3.80. The van der Waals surface area contributed by atoms with Gasteiger partial charge in [0.05, 0.1) is 5.52 Å². The lowest BCUT2D eigenvalue weighted by Gasteiger charge is -2.11. The summed E-state index contributed by atoms with van der Waals surface area (Å²) in [5, 5.41) is 8.98. The number of hydrogen-bond acceptors (Lipinski definition) is 2. The molecule has 0 aliphatic heterocycles. The molecule has 0 atom stereocenters. The van der Waals surface area contributed by atoms with E-state index in [-0.39, 0.29) is 22.9 Å². The van der Waals surface area contributed by atoms with Gasteiger partial charge in [0.2, 0.25) is 5.82 Å². The van der Waals surface area contributed by atoms with Crippen molar-refractivity contribution < 1.29 is 18.7 Å². The smallest absolute Gasteiger partial charge is 0.372 e. The van der Waals surface area contributed by atoms with E-state index in [0.717, 1.165) is 6.07 Å². The molecular weight excluding hydrogens is 230 g/mol. The van der Waals surface area contributed by atoms with E-state index in [9.17, 15) is 13.6 Å². The quantitative estimate of drug-likeness (QED) is 0.877. The molecule has 90 valence electrons. The standard InChI is InChI=1S/C11H10F2N2O2/c1-5(2)15-9-7(14-10(15)11(16)17)4-3-6(12)8(9)13/h3-5H,1-2H3,(H,16,17). The van der Waals surface area contributed by atoms with E-state index in [4.69, 9.17) is 5.11 Å². The molecule has 0 bridgehead atoms. The van der Waals surface area contributed by atoms with E-state index < -0.39 is 17.6 Å². The lowest BCUT2D eigenvalue weighted by atomic mass is 10.2. The summed E-state index contributed by atoms with van der Waals surface area (Å²) in [5.41, 5.74) is 0.0207. The van der Waals surface area contributed by atoms with E-state index >= 15 is 0 Å². The summed E-state index contributed by atoms with van der Waals surface area (Å²) < 4.78 is 28.0. The highest BCUT2D eigenvalue weighted by atomic mass is 19.2. The number of aromatic carboxylic acids is 1. The third-order valence-electron chi connectivity index (χ3n) is 2.45. The van der Waals surface area contributed by atoms with E-state index in [1.165, 1.54) is 10.6 Å². The molecule has 0 fully saturated rings. The van der Waals surface area contributed by atoms with Crippen molar-refractivity contribution in [3.8, 4) is 0 Å². The van der Waals surface area contributed by atoms with Gasteiger partial charge in [-0.2, -0.15) is 0 Å².